The third kappa shape index (κ3) is 9.32. The Hall–Kier alpha value is -3.90. The van der Waals surface area contributed by atoms with E-state index < -0.39 is 22.5 Å². The number of aromatic nitrogens is 1. The number of likely N-dealkylation sites (N-methyl/N-ethyl adjacent to an activating group) is 1. The molecule has 0 aliphatic rings. The van der Waals surface area contributed by atoms with Crippen molar-refractivity contribution in [1.29, 1.82) is 0 Å². The zero-order valence-corrected chi connectivity index (χ0v) is 28.3. The number of nitrogens with zero attached hydrogens (tertiary/aromatic N) is 3. The summed E-state index contributed by atoms with van der Waals surface area (Å²) in [4.78, 5) is 32.3. The zero-order valence-electron chi connectivity index (χ0n) is 25.9. The van der Waals surface area contributed by atoms with Crippen LogP contribution in [0.3, 0.4) is 0 Å². The van der Waals surface area contributed by atoms with Crippen LogP contribution in [0.15, 0.2) is 77.8 Å². The number of sulfonamides is 1. The first-order valence-electron chi connectivity index (χ1n) is 14.8. The molecule has 0 radical (unpaired) electrons. The number of hydrogen-bond donors (Lipinski definition) is 2. The van der Waals surface area contributed by atoms with Gasteiger partial charge in [0, 0.05) is 41.4 Å². The first-order valence-corrected chi connectivity index (χ1v) is 17.0. The molecule has 46 heavy (non-hydrogen) atoms. The van der Waals surface area contributed by atoms with Crippen LogP contribution in [0.4, 0.5) is 11.5 Å². The molecule has 0 aliphatic carbocycles. The summed E-state index contributed by atoms with van der Waals surface area (Å²) in [5.74, 6) is -0.250. The topological polar surface area (TPSA) is 121 Å². The SMILES string of the molecule is CCCCOC(=O)CN(c1ccc2c(C(=O)NCc3ccc(NCCN(C)C)nc3)cccc2c1)S(=O)(=O)c1cc(Cl)cc(Cl)c1. The number of pyridine rings is 1. The minimum absolute atomic E-state index is 0.133. The van der Waals surface area contributed by atoms with E-state index in [9.17, 15) is 18.0 Å². The summed E-state index contributed by atoms with van der Waals surface area (Å²) < 4.78 is 34.0. The Bertz CT molecular complexity index is 1770. The number of carbonyl (C=O) groups excluding carboxylic acids is 2. The molecule has 0 aliphatic heterocycles. The van der Waals surface area contributed by atoms with E-state index in [2.05, 4.69) is 20.5 Å². The number of halogens is 2. The largest absolute Gasteiger partial charge is 0.464 e. The van der Waals surface area contributed by atoms with Gasteiger partial charge >= 0.3 is 5.97 Å². The molecule has 4 aromatic rings. The minimum atomic E-state index is -4.30. The average Bonchev–Trinajstić information content (AvgIpc) is 3.02. The van der Waals surface area contributed by atoms with Gasteiger partial charge in [-0.2, -0.15) is 0 Å². The highest BCUT2D eigenvalue weighted by molar-refractivity contribution is 7.92. The van der Waals surface area contributed by atoms with Crippen LogP contribution in [-0.4, -0.2) is 70.5 Å². The summed E-state index contributed by atoms with van der Waals surface area (Å²) in [6.45, 7) is 3.48. The molecule has 10 nitrogen and oxygen atoms in total. The van der Waals surface area contributed by atoms with Crippen LogP contribution in [0, 0.1) is 0 Å². The number of rotatable bonds is 15. The fourth-order valence-electron chi connectivity index (χ4n) is 4.56. The number of esters is 1. The fourth-order valence-corrected chi connectivity index (χ4v) is 6.68. The van der Waals surface area contributed by atoms with Crippen LogP contribution in [0.25, 0.3) is 10.8 Å². The number of unbranched alkanes of at least 4 members (excludes halogenated alkanes) is 1. The van der Waals surface area contributed by atoms with Gasteiger partial charge in [-0.1, -0.05) is 60.8 Å². The molecule has 0 saturated heterocycles. The number of nitrogens with one attached hydrogen (secondary N) is 2. The van der Waals surface area contributed by atoms with E-state index in [1.807, 2.05) is 33.2 Å². The van der Waals surface area contributed by atoms with Crippen molar-refractivity contribution in [2.75, 3.05) is 50.0 Å². The van der Waals surface area contributed by atoms with Gasteiger partial charge in [0.1, 0.15) is 12.4 Å². The molecular formula is C33H37Cl2N5O5S. The second-order valence-corrected chi connectivity index (χ2v) is 13.6. The van der Waals surface area contributed by atoms with Crippen LogP contribution in [0.2, 0.25) is 10.0 Å². The predicted octanol–water partition coefficient (Wildman–Crippen LogP) is 5.98. The normalized spacial score (nSPS) is 11.4. The Labute approximate surface area is 279 Å². The number of carbonyl (C=O) groups is 2. The van der Waals surface area contributed by atoms with E-state index in [0.29, 0.717) is 22.8 Å². The predicted molar refractivity (Wildman–Crippen MR) is 183 cm³/mol. The second kappa shape index (κ2) is 16.1. The lowest BCUT2D eigenvalue weighted by atomic mass is 10.0. The van der Waals surface area contributed by atoms with Gasteiger partial charge in [-0.3, -0.25) is 13.9 Å². The Morgan fingerprint density at radius 1 is 0.978 bits per heavy atom. The lowest BCUT2D eigenvalue weighted by molar-refractivity contribution is -0.141. The summed E-state index contributed by atoms with van der Waals surface area (Å²) in [6.07, 6.45) is 3.18. The van der Waals surface area contributed by atoms with Gasteiger partial charge in [0.2, 0.25) is 0 Å². The van der Waals surface area contributed by atoms with Crippen molar-refractivity contribution in [1.82, 2.24) is 15.2 Å². The second-order valence-electron chi connectivity index (χ2n) is 10.9. The van der Waals surface area contributed by atoms with Crippen LogP contribution < -0.4 is 14.9 Å². The highest BCUT2D eigenvalue weighted by Crippen LogP contribution is 2.31. The van der Waals surface area contributed by atoms with Crippen molar-refractivity contribution in [3.05, 3.63) is 94.1 Å². The first-order chi connectivity index (χ1) is 22.0. The third-order valence-electron chi connectivity index (χ3n) is 7.00. The summed E-state index contributed by atoms with van der Waals surface area (Å²) in [5.41, 5.74) is 1.45. The summed E-state index contributed by atoms with van der Waals surface area (Å²) in [5, 5.41) is 7.66. The molecule has 2 N–H and O–H groups in total. The van der Waals surface area contributed by atoms with Crippen LogP contribution in [0.1, 0.15) is 35.7 Å². The molecule has 244 valence electrons. The molecule has 0 saturated carbocycles. The van der Waals surface area contributed by atoms with Crippen molar-refractivity contribution in [3.8, 4) is 0 Å². The summed E-state index contributed by atoms with van der Waals surface area (Å²) in [7, 11) is -0.295. The zero-order chi connectivity index (χ0) is 33.3. The van der Waals surface area contributed by atoms with Crippen molar-refractivity contribution < 1.29 is 22.7 Å². The number of fused-ring (bicyclic) bond motifs is 1. The molecule has 0 atom stereocenters. The maximum absolute atomic E-state index is 13.9. The van der Waals surface area contributed by atoms with Gasteiger partial charge < -0.3 is 20.3 Å². The molecule has 13 heteroatoms. The Balaban J connectivity index is 1.57. The van der Waals surface area contributed by atoms with Gasteiger partial charge in [0.25, 0.3) is 15.9 Å². The van der Waals surface area contributed by atoms with Gasteiger partial charge in [-0.15, -0.1) is 0 Å². The lowest BCUT2D eigenvalue weighted by Crippen LogP contribution is -2.36. The number of ether oxygens (including phenoxy) is 1. The highest BCUT2D eigenvalue weighted by atomic mass is 35.5. The van der Waals surface area contributed by atoms with Gasteiger partial charge in [0.15, 0.2) is 0 Å². The molecule has 4 rings (SSSR count). The molecule has 0 spiro atoms. The molecular weight excluding hydrogens is 649 g/mol. The fraction of sp³-hybridized carbons (Fsp3) is 0.303. The van der Waals surface area contributed by atoms with Crippen LogP contribution in [0.5, 0.6) is 0 Å². The molecule has 1 heterocycles. The Morgan fingerprint density at radius 2 is 1.74 bits per heavy atom. The van der Waals surface area contributed by atoms with Crippen LogP contribution >= 0.6 is 23.2 Å². The first kappa shape index (κ1) is 35.0. The number of amides is 1. The summed E-state index contributed by atoms with van der Waals surface area (Å²) in [6, 6.07) is 17.7. The van der Waals surface area contributed by atoms with Crippen molar-refractivity contribution >= 4 is 67.4 Å². The molecule has 0 unspecified atom stereocenters. The van der Waals surface area contributed by atoms with E-state index >= 15 is 0 Å². The smallest absolute Gasteiger partial charge is 0.326 e. The maximum atomic E-state index is 13.9. The molecule has 1 amide bonds. The van der Waals surface area contributed by atoms with E-state index in [4.69, 9.17) is 27.9 Å². The Morgan fingerprint density at radius 3 is 2.41 bits per heavy atom. The minimum Gasteiger partial charge on any atom is -0.464 e. The van der Waals surface area contributed by atoms with Gasteiger partial charge in [0.05, 0.1) is 17.2 Å². The van der Waals surface area contributed by atoms with Crippen molar-refractivity contribution in [2.45, 2.75) is 31.2 Å². The molecule has 1 aromatic heterocycles. The van der Waals surface area contributed by atoms with E-state index in [1.54, 1.807) is 42.6 Å². The molecule has 0 fully saturated rings. The molecule has 3 aromatic carbocycles. The quantitative estimate of drug-likeness (QED) is 0.116. The Kier molecular flexibility index (Phi) is 12.2. The highest BCUT2D eigenvalue weighted by Gasteiger charge is 2.29. The lowest BCUT2D eigenvalue weighted by Gasteiger charge is -2.24. The average molecular weight is 687 g/mol. The molecule has 0 bridgehead atoms. The van der Waals surface area contributed by atoms with Crippen LogP contribution in [-0.2, 0) is 26.1 Å². The summed E-state index contributed by atoms with van der Waals surface area (Å²) >= 11 is 12.2. The number of hydrogen-bond acceptors (Lipinski definition) is 8. The van der Waals surface area contributed by atoms with Gasteiger partial charge in [-0.05, 0) is 79.3 Å². The van der Waals surface area contributed by atoms with E-state index in [1.165, 1.54) is 18.2 Å². The van der Waals surface area contributed by atoms with Crippen molar-refractivity contribution in [3.63, 3.8) is 0 Å². The maximum Gasteiger partial charge on any atom is 0.326 e. The standard InChI is InChI=1S/C33H37Cl2N5O5S/c1-4-5-15-45-32(41)22-40(46(43,44)28-18-25(34)17-26(35)19-28)27-10-11-29-24(16-27)7-6-8-30(29)33(42)38-21-23-9-12-31(37-20-23)36-13-14-39(2)3/h6-12,16-20H,4-5,13-15,21-22H2,1-3H3,(H,36,37)(H,38,42). The monoisotopic (exact) mass is 685 g/mol. The number of benzene rings is 3. The van der Waals surface area contributed by atoms with E-state index in [-0.39, 0.29) is 39.7 Å². The van der Waals surface area contributed by atoms with Gasteiger partial charge in [-0.25, -0.2) is 13.4 Å². The van der Waals surface area contributed by atoms with E-state index in [0.717, 1.165) is 35.2 Å². The third-order valence-corrected chi connectivity index (χ3v) is 9.19. The van der Waals surface area contributed by atoms with Crippen molar-refractivity contribution in [2.24, 2.45) is 0 Å². The number of anilines is 2.